The summed E-state index contributed by atoms with van der Waals surface area (Å²) in [5.41, 5.74) is 6.16. The number of ether oxygens (including phenoxy) is 4. The molecule has 222 valence electrons. The van der Waals surface area contributed by atoms with Gasteiger partial charge in [-0.2, -0.15) is 5.10 Å². The lowest BCUT2D eigenvalue weighted by molar-refractivity contribution is -0.132. The van der Waals surface area contributed by atoms with Crippen LogP contribution in [0.5, 0.6) is 23.0 Å². The third-order valence-corrected chi connectivity index (χ3v) is 7.16. The lowest BCUT2D eigenvalue weighted by Crippen LogP contribution is -2.18. The standard InChI is InChI=1S/C33H26BrN3O7/c1-19(38)43-25-15-13-22(17-28(25)42-3)33(40)44-26-14-12-20(16-27(26)41-2)18-35-37-32(39)31-29(21-8-5-4-6-9-21)23-10-7-11-24(34)30(23)36-31/h4-18,36H,1-3H3,(H,37,39). The second-order valence-electron chi connectivity index (χ2n) is 9.36. The minimum atomic E-state index is -0.677. The summed E-state index contributed by atoms with van der Waals surface area (Å²) in [4.78, 5) is 40.6. The molecular formula is C33H26BrN3O7. The number of H-pyrrole nitrogens is 1. The van der Waals surface area contributed by atoms with Crippen molar-refractivity contribution >= 4 is 50.9 Å². The number of nitrogens with one attached hydrogen (secondary N) is 2. The average Bonchev–Trinajstić information content (AvgIpc) is 3.43. The number of esters is 2. The maximum atomic E-state index is 13.3. The number of methoxy groups -OCH3 is 2. The molecule has 1 heterocycles. The summed E-state index contributed by atoms with van der Waals surface area (Å²) in [6.07, 6.45) is 1.45. The van der Waals surface area contributed by atoms with Gasteiger partial charge in [0.2, 0.25) is 0 Å². The molecule has 1 amide bonds. The molecule has 0 radical (unpaired) electrons. The van der Waals surface area contributed by atoms with Crippen LogP contribution in [-0.4, -0.2) is 43.3 Å². The Kier molecular flexibility index (Phi) is 9.06. The predicted molar refractivity (Wildman–Crippen MR) is 169 cm³/mol. The summed E-state index contributed by atoms with van der Waals surface area (Å²) >= 11 is 3.56. The monoisotopic (exact) mass is 655 g/mol. The number of fused-ring (bicyclic) bond motifs is 1. The van der Waals surface area contributed by atoms with Crippen molar-refractivity contribution in [1.82, 2.24) is 10.4 Å². The van der Waals surface area contributed by atoms with Crippen molar-refractivity contribution in [3.63, 3.8) is 0 Å². The number of halogens is 1. The number of carbonyl (C=O) groups is 3. The summed E-state index contributed by atoms with van der Waals surface area (Å²) in [5.74, 6) is -0.805. The third kappa shape index (κ3) is 6.47. The smallest absolute Gasteiger partial charge is 0.343 e. The van der Waals surface area contributed by atoms with Gasteiger partial charge in [-0.05, 0) is 69.5 Å². The van der Waals surface area contributed by atoms with Crippen molar-refractivity contribution in [3.8, 4) is 34.1 Å². The van der Waals surface area contributed by atoms with Crippen LogP contribution in [0.4, 0.5) is 0 Å². The number of rotatable bonds is 9. The lowest BCUT2D eigenvalue weighted by atomic mass is 10.0. The molecule has 0 saturated carbocycles. The fourth-order valence-corrected chi connectivity index (χ4v) is 4.98. The fraction of sp³-hybridized carbons (Fsp3) is 0.0909. The molecule has 0 aliphatic heterocycles. The van der Waals surface area contributed by atoms with Gasteiger partial charge < -0.3 is 23.9 Å². The molecule has 5 aromatic rings. The van der Waals surface area contributed by atoms with E-state index >= 15 is 0 Å². The number of aromatic amines is 1. The molecule has 0 spiro atoms. The highest BCUT2D eigenvalue weighted by atomic mass is 79.9. The molecule has 0 aliphatic carbocycles. The van der Waals surface area contributed by atoms with Gasteiger partial charge in [0.05, 0.1) is 31.5 Å². The van der Waals surface area contributed by atoms with Gasteiger partial charge in [-0.15, -0.1) is 0 Å². The third-order valence-electron chi connectivity index (χ3n) is 6.50. The minimum absolute atomic E-state index is 0.165. The largest absolute Gasteiger partial charge is 0.493 e. The number of hydrogen-bond acceptors (Lipinski definition) is 8. The fourth-order valence-electron chi connectivity index (χ4n) is 4.52. The van der Waals surface area contributed by atoms with E-state index in [9.17, 15) is 14.4 Å². The van der Waals surface area contributed by atoms with Gasteiger partial charge in [-0.3, -0.25) is 9.59 Å². The number of carbonyl (C=O) groups excluding carboxylic acids is 3. The van der Waals surface area contributed by atoms with Crippen LogP contribution in [0.1, 0.15) is 33.3 Å². The maximum absolute atomic E-state index is 13.3. The first-order chi connectivity index (χ1) is 21.3. The number of para-hydroxylation sites is 1. The van der Waals surface area contributed by atoms with Gasteiger partial charge in [0, 0.05) is 22.3 Å². The Morgan fingerprint density at radius 2 is 1.52 bits per heavy atom. The van der Waals surface area contributed by atoms with E-state index in [1.54, 1.807) is 18.2 Å². The number of amides is 1. The quantitative estimate of drug-likeness (QED) is 0.0800. The maximum Gasteiger partial charge on any atom is 0.343 e. The topological polar surface area (TPSA) is 128 Å². The number of benzene rings is 4. The van der Waals surface area contributed by atoms with E-state index in [0.29, 0.717) is 11.3 Å². The van der Waals surface area contributed by atoms with Crippen molar-refractivity contribution in [2.45, 2.75) is 6.92 Å². The summed E-state index contributed by atoms with van der Waals surface area (Å²) < 4.78 is 22.1. The molecular weight excluding hydrogens is 630 g/mol. The highest BCUT2D eigenvalue weighted by molar-refractivity contribution is 9.10. The molecule has 1 aromatic heterocycles. The minimum Gasteiger partial charge on any atom is -0.493 e. The number of aromatic nitrogens is 1. The lowest BCUT2D eigenvalue weighted by Gasteiger charge is -2.12. The summed E-state index contributed by atoms with van der Waals surface area (Å²) in [5, 5.41) is 5.03. The van der Waals surface area contributed by atoms with Gasteiger partial charge in [0.15, 0.2) is 23.0 Å². The number of hydrogen-bond donors (Lipinski definition) is 2. The highest BCUT2D eigenvalue weighted by Gasteiger charge is 2.20. The van der Waals surface area contributed by atoms with E-state index < -0.39 is 17.8 Å². The van der Waals surface area contributed by atoms with Crippen molar-refractivity contribution in [1.29, 1.82) is 0 Å². The molecule has 10 nitrogen and oxygen atoms in total. The summed E-state index contributed by atoms with van der Waals surface area (Å²) in [6, 6.07) is 24.5. The Bertz CT molecular complexity index is 1900. The van der Waals surface area contributed by atoms with Crippen LogP contribution in [0.3, 0.4) is 0 Å². The molecule has 11 heteroatoms. The molecule has 44 heavy (non-hydrogen) atoms. The Balaban J connectivity index is 1.32. The molecule has 0 saturated heterocycles. The van der Waals surface area contributed by atoms with Crippen LogP contribution in [0.15, 0.2) is 94.5 Å². The van der Waals surface area contributed by atoms with Crippen LogP contribution in [0, 0.1) is 0 Å². The van der Waals surface area contributed by atoms with Crippen LogP contribution < -0.4 is 24.4 Å². The van der Waals surface area contributed by atoms with Gasteiger partial charge in [-0.25, -0.2) is 10.2 Å². The van der Waals surface area contributed by atoms with E-state index in [4.69, 9.17) is 18.9 Å². The Hall–Kier alpha value is -5.42. The molecule has 5 rings (SSSR count). The molecule has 0 bridgehead atoms. The molecule has 4 aromatic carbocycles. The first-order valence-electron chi connectivity index (χ1n) is 13.2. The second kappa shape index (κ2) is 13.3. The molecule has 0 atom stereocenters. The van der Waals surface area contributed by atoms with E-state index in [1.165, 1.54) is 45.6 Å². The predicted octanol–water partition coefficient (Wildman–Crippen LogP) is 6.52. The van der Waals surface area contributed by atoms with Crippen LogP contribution in [-0.2, 0) is 4.79 Å². The van der Waals surface area contributed by atoms with Crippen molar-refractivity contribution in [3.05, 3.63) is 106 Å². The van der Waals surface area contributed by atoms with Crippen LogP contribution >= 0.6 is 15.9 Å². The molecule has 0 fully saturated rings. The molecule has 2 N–H and O–H groups in total. The average molecular weight is 656 g/mol. The van der Waals surface area contributed by atoms with E-state index in [2.05, 4.69) is 31.4 Å². The van der Waals surface area contributed by atoms with Gasteiger partial charge in [0.1, 0.15) is 5.69 Å². The van der Waals surface area contributed by atoms with Crippen LogP contribution in [0.2, 0.25) is 0 Å². The number of nitrogens with zero attached hydrogens (tertiary/aromatic N) is 1. The Morgan fingerprint density at radius 3 is 2.25 bits per heavy atom. The summed E-state index contributed by atoms with van der Waals surface area (Å²) in [6.45, 7) is 1.26. The Morgan fingerprint density at radius 1 is 0.818 bits per heavy atom. The van der Waals surface area contributed by atoms with Crippen molar-refractivity contribution < 1.29 is 33.3 Å². The highest BCUT2D eigenvalue weighted by Crippen LogP contribution is 2.36. The SMILES string of the molecule is COc1cc(C(=O)Oc2ccc(C=NNC(=O)c3[nH]c4c(Br)cccc4c3-c3ccccc3)cc2OC)ccc1OC(C)=O. The summed E-state index contributed by atoms with van der Waals surface area (Å²) in [7, 11) is 2.83. The normalized spacial score (nSPS) is 10.9. The molecule has 0 unspecified atom stereocenters. The molecule has 0 aliphatic rings. The zero-order valence-electron chi connectivity index (χ0n) is 23.8. The Labute approximate surface area is 260 Å². The van der Waals surface area contributed by atoms with Gasteiger partial charge in [-0.1, -0.05) is 42.5 Å². The van der Waals surface area contributed by atoms with Gasteiger partial charge >= 0.3 is 11.9 Å². The first kappa shape index (κ1) is 30.1. The van der Waals surface area contributed by atoms with Crippen molar-refractivity contribution in [2.24, 2.45) is 5.10 Å². The van der Waals surface area contributed by atoms with Gasteiger partial charge in [0.25, 0.3) is 5.91 Å². The first-order valence-corrected chi connectivity index (χ1v) is 14.0. The second-order valence-corrected chi connectivity index (χ2v) is 10.2. The van der Waals surface area contributed by atoms with Crippen molar-refractivity contribution in [2.75, 3.05) is 14.2 Å². The van der Waals surface area contributed by atoms with E-state index in [0.717, 1.165) is 26.5 Å². The zero-order valence-corrected chi connectivity index (χ0v) is 25.4. The number of hydrazone groups is 1. The zero-order chi connectivity index (χ0) is 31.2. The van der Waals surface area contributed by atoms with E-state index in [-0.39, 0.29) is 28.6 Å². The van der Waals surface area contributed by atoms with Crippen LogP contribution in [0.25, 0.3) is 22.0 Å². The van der Waals surface area contributed by atoms with E-state index in [1.807, 2.05) is 48.5 Å².